The van der Waals surface area contributed by atoms with Gasteiger partial charge in [-0.1, -0.05) is 0 Å². The number of nitrogens with zero attached hydrogens (tertiary/aromatic N) is 2. The largest absolute Gasteiger partial charge is 0.444 e. The summed E-state index contributed by atoms with van der Waals surface area (Å²) in [5, 5.41) is 6.29. The van der Waals surface area contributed by atoms with Gasteiger partial charge in [0, 0.05) is 39.4 Å². The molecule has 0 saturated carbocycles. The molecule has 0 spiro atoms. The van der Waals surface area contributed by atoms with Gasteiger partial charge in [-0.05, 0) is 53.9 Å². The van der Waals surface area contributed by atoms with E-state index in [0.717, 1.165) is 64.6 Å². The van der Waals surface area contributed by atoms with E-state index in [9.17, 15) is 4.79 Å². The Morgan fingerprint density at radius 2 is 2.00 bits per heavy atom. The van der Waals surface area contributed by atoms with Crippen LogP contribution in [0.4, 0.5) is 4.79 Å². The molecule has 7 nitrogen and oxygen atoms in total. The molecule has 1 unspecified atom stereocenters. The molecule has 1 amide bonds. The van der Waals surface area contributed by atoms with E-state index in [1.54, 1.807) is 0 Å². The molecule has 1 fully saturated rings. The van der Waals surface area contributed by atoms with Gasteiger partial charge in [-0.3, -0.25) is 4.99 Å². The number of likely N-dealkylation sites (tertiary alicyclic amines) is 1. The second kappa shape index (κ2) is 13.4. The molecule has 154 valence electrons. The van der Waals surface area contributed by atoms with E-state index < -0.39 is 5.60 Å². The van der Waals surface area contributed by atoms with Gasteiger partial charge in [0.1, 0.15) is 5.60 Å². The van der Waals surface area contributed by atoms with Gasteiger partial charge in [0.05, 0.1) is 6.04 Å². The van der Waals surface area contributed by atoms with Gasteiger partial charge in [0.25, 0.3) is 0 Å². The van der Waals surface area contributed by atoms with Crippen LogP contribution in [-0.4, -0.2) is 68.0 Å². The molecule has 1 aliphatic heterocycles. The van der Waals surface area contributed by atoms with E-state index in [0.29, 0.717) is 0 Å². The zero-order valence-corrected chi connectivity index (χ0v) is 19.3. The number of hydrogen-bond acceptors (Lipinski definition) is 4. The summed E-state index contributed by atoms with van der Waals surface area (Å²) in [6.45, 7) is 14.5. The zero-order valence-electron chi connectivity index (χ0n) is 17.0. The van der Waals surface area contributed by atoms with Crippen LogP contribution in [0.2, 0.25) is 0 Å². The van der Waals surface area contributed by atoms with Crippen molar-refractivity contribution in [3.8, 4) is 0 Å². The highest BCUT2D eigenvalue weighted by Gasteiger charge is 2.27. The lowest BCUT2D eigenvalue weighted by molar-refractivity contribution is 0.0507. The van der Waals surface area contributed by atoms with E-state index in [2.05, 4.69) is 22.5 Å². The minimum Gasteiger partial charge on any atom is -0.444 e. The topological polar surface area (TPSA) is 75.2 Å². The van der Waals surface area contributed by atoms with E-state index in [4.69, 9.17) is 14.5 Å². The Hall–Kier alpha value is -0.770. The van der Waals surface area contributed by atoms with Crippen LogP contribution in [0.3, 0.4) is 0 Å². The van der Waals surface area contributed by atoms with Crippen molar-refractivity contribution in [3.05, 3.63) is 0 Å². The summed E-state index contributed by atoms with van der Waals surface area (Å²) < 4.78 is 10.7. The summed E-state index contributed by atoms with van der Waals surface area (Å²) in [6.07, 6.45) is 2.59. The van der Waals surface area contributed by atoms with Crippen molar-refractivity contribution >= 4 is 36.0 Å². The molecule has 8 heteroatoms. The number of carbonyl (C=O) groups excluding carboxylic acids is 1. The number of aliphatic imine (C=N–C) groups is 1. The molecule has 1 heterocycles. The van der Waals surface area contributed by atoms with Crippen LogP contribution in [0.15, 0.2) is 4.99 Å². The molecule has 0 aromatic rings. The molecule has 1 rings (SSSR count). The molecule has 26 heavy (non-hydrogen) atoms. The maximum Gasteiger partial charge on any atom is 0.407 e. The summed E-state index contributed by atoms with van der Waals surface area (Å²) in [4.78, 5) is 18.8. The molecule has 1 aliphatic rings. The number of rotatable bonds is 8. The fourth-order valence-electron chi connectivity index (χ4n) is 2.62. The minimum absolute atomic E-state index is 0. The predicted octanol–water partition coefficient (Wildman–Crippen LogP) is 2.99. The zero-order chi connectivity index (χ0) is 18.7. The number of unbranched alkanes of at least 4 members (excludes halogenated alkanes) is 1. The highest BCUT2D eigenvalue weighted by molar-refractivity contribution is 14.0. The summed E-state index contributed by atoms with van der Waals surface area (Å²) in [7, 11) is 0. The minimum atomic E-state index is -0.472. The van der Waals surface area contributed by atoms with Crippen molar-refractivity contribution in [3.63, 3.8) is 0 Å². The molecule has 1 atom stereocenters. The molecule has 1 saturated heterocycles. The number of nitrogens with one attached hydrogen (secondary N) is 2. The Bertz CT molecular complexity index is 427. The van der Waals surface area contributed by atoms with Crippen molar-refractivity contribution in [1.82, 2.24) is 15.5 Å². The molecule has 0 bridgehead atoms. The maximum absolute atomic E-state index is 11.9. The molecule has 2 N–H and O–H groups in total. The van der Waals surface area contributed by atoms with Crippen molar-refractivity contribution in [2.75, 3.05) is 39.4 Å². The Kier molecular flexibility index (Phi) is 13.0. The van der Waals surface area contributed by atoms with Crippen molar-refractivity contribution in [1.29, 1.82) is 0 Å². The van der Waals surface area contributed by atoms with E-state index >= 15 is 0 Å². The fraction of sp³-hybridized carbons (Fsp3) is 0.889. The van der Waals surface area contributed by atoms with E-state index in [1.165, 1.54) is 0 Å². The molecule has 0 aromatic heterocycles. The molecule has 0 radical (unpaired) electrons. The smallest absolute Gasteiger partial charge is 0.407 e. The summed E-state index contributed by atoms with van der Waals surface area (Å²) in [5.74, 6) is 0.924. The fourth-order valence-corrected chi connectivity index (χ4v) is 2.62. The Balaban J connectivity index is 0.00000625. The average Bonchev–Trinajstić information content (AvgIpc) is 2.95. The number of alkyl carbamates (subject to hydrolysis) is 1. The van der Waals surface area contributed by atoms with Crippen molar-refractivity contribution < 1.29 is 14.3 Å². The third-order valence-electron chi connectivity index (χ3n) is 3.71. The lowest BCUT2D eigenvalue weighted by Gasteiger charge is -2.23. The van der Waals surface area contributed by atoms with Gasteiger partial charge in [-0.25, -0.2) is 4.79 Å². The molecule has 0 aliphatic carbocycles. The van der Waals surface area contributed by atoms with Crippen LogP contribution < -0.4 is 10.6 Å². The first-order valence-corrected chi connectivity index (χ1v) is 9.46. The summed E-state index contributed by atoms with van der Waals surface area (Å²) in [5.41, 5.74) is -0.472. The second-order valence-corrected chi connectivity index (χ2v) is 7.22. The highest BCUT2D eigenvalue weighted by atomic mass is 127. The normalized spacial score (nSPS) is 17.7. The monoisotopic (exact) mass is 484 g/mol. The average molecular weight is 484 g/mol. The first kappa shape index (κ1) is 25.2. The van der Waals surface area contributed by atoms with Gasteiger partial charge in [-0.15, -0.1) is 24.0 Å². The third kappa shape index (κ3) is 11.1. The Morgan fingerprint density at radius 3 is 2.62 bits per heavy atom. The quantitative estimate of drug-likeness (QED) is 0.240. The maximum atomic E-state index is 11.9. The Morgan fingerprint density at radius 1 is 1.27 bits per heavy atom. The molecule has 0 aromatic carbocycles. The van der Waals surface area contributed by atoms with Gasteiger partial charge >= 0.3 is 6.09 Å². The molecular weight excluding hydrogens is 447 g/mol. The number of carbonyl (C=O) groups is 1. The van der Waals surface area contributed by atoms with E-state index in [-0.39, 0.29) is 36.1 Å². The third-order valence-corrected chi connectivity index (χ3v) is 3.71. The van der Waals surface area contributed by atoms with Gasteiger partial charge in [0.15, 0.2) is 5.96 Å². The van der Waals surface area contributed by atoms with Gasteiger partial charge in [-0.2, -0.15) is 0 Å². The number of halogens is 1. The second-order valence-electron chi connectivity index (χ2n) is 7.22. The van der Waals surface area contributed by atoms with E-state index in [1.807, 2.05) is 27.7 Å². The number of amides is 1. The van der Waals surface area contributed by atoms with Gasteiger partial charge in [0.2, 0.25) is 0 Å². The van der Waals surface area contributed by atoms with Crippen LogP contribution in [-0.2, 0) is 9.47 Å². The van der Waals surface area contributed by atoms with Crippen molar-refractivity contribution in [2.45, 2.75) is 65.5 Å². The van der Waals surface area contributed by atoms with Crippen LogP contribution in [0, 0.1) is 0 Å². The highest BCUT2D eigenvalue weighted by Crippen LogP contribution is 2.12. The molecular formula is C18H37IN4O3. The predicted molar refractivity (Wildman–Crippen MR) is 116 cm³/mol. The van der Waals surface area contributed by atoms with Crippen LogP contribution in [0.5, 0.6) is 0 Å². The SMILES string of the molecule is CCNC(=NCCCCOCC)N1CCC(NC(=O)OC(C)(C)C)C1.I. The standard InChI is InChI=1S/C18H36N4O3.HI/c1-6-19-16(20-11-8-9-13-24-7-2)22-12-10-15(14-22)21-17(23)25-18(3,4)5;/h15H,6-14H2,1-5H3,(H,19,20)(H,21,23);1H. The van der Waals surface area contributed by atoms with Crippen LogP contribution in [0.25, 0.3) is 0 Å². The number of guanidine groups is 1. The lowest BCUT2D eigenvalue weighted by Crippen LogP contribution is -2.44. The number of hydrogen-bond donors (Lipinski definition) is 2. The van der Waals surface area contributed by atoms with Crippen LogP contribution >= 0.6 is 24.0 Å². The van der Waals surface area contributed by atoms with Gasteiger partial charge < -0.3 is 25.0 Å². The summed E-state index contributed by atoms with van der Waals surface area (Å²) >= 11 is 0. The summed E-state index contributed by atoms with van der Waals surface area (Å²) in [6, 6.07) is 0.0941. The lowest BCUT2D eigenvalue weighted by atomic mass is 10.2. The van der Waals surface area contributed by atoms with Crippen LogP contribution in [0.1, 0.15) is 53.9 Å². The number of ether oxygens (including phenoxy) is 2. The Labute approximate surface area is 175 Å². The van der Waals surface area contributed by atoms with Crippen molar-refractivity contribution in [2.24, 2.45) is 4.99 Å². The first-order valence-electron chi connectivity index (χ1n) is 9.46. The first-order chi connectivity index (χ1) is 11.9.